The third-order valence-electron chi connectivity index (χ3n) is 7.01. The van der Waals surface area contributed by atoms with E-state index in [0.717, 1.165) is 31.1 Å². The van der Waals surface area contributed by atoms with Gasteiger partial charge in [0.05, 0.1) is 23.4 Å². The lowest BCUT2D eigenvalue weighted by molar-refractivity contribution is -0.110. The van der Waals surface area contributed by atoms with Gasteiger partial charge in [-0.3, -0.25) is 15.0 Å². The highest BCUT2D eigenvalue weighted by Gasteiger charge is 2.37. The molecule has 3 aliphatic rings. The first kappa shape index (κ1) is 26.2. The number of hydrogen-bond acceptors (Lipinski definition) is 10. The Labute approximate surface area is 221 Å². The molecule has 2 atom stereocenters. The summed E-state index contributed by atoms with van der Waals surface area (Å²) in [4.78, 5) is 29.3. The summed E-state index contributed by atoms with van der Waals surface area (Å²) >= 11 is 1.44. The molecule has 1 N–H and O–H groups in total. The van der Waals surface area contributed by atoms with Crippen molar-refractivity contribution in [2.75, 3.05) is 45.2 Å². The molecule has 1 aromatic heterocycles. The Morgan fingerprint density at radius 2 is 2.03 bits per heavy atom. The molecule has 12 heteroatoms. The highest BCUT2D eigenvalue weighted by Crippen LogP contribution is 2.33. The van der Waals surface area contributed by atoms with Crippen molar-refractivity contribution in [1.82, 2.24) is 14.8 Å². The van der Waals surface area contributed by atoms with Gasteiger partial charge in [-0.15, -0.1) is 11.3 Å². The molecule has 2 saturated heterocycles. The number of nitrogens with one attached hydrogen (secondary N) is 1. The zero-order chi connectivity index (χ0) is 26.0. The number of oxime groups is 1. The number of piperazine rings is 1. The highest BCUT2D eigenvalue weighted by atomic mass is 32.2. The Morgan fingerprint density at radius 1 is 1.24 bits per heavy atom. The fraction of sp³-hybridized carbons (Fsp3) is 0.560. The third kappa shape index (κ3) is 6.37. The van der Waals surface area contributed by atoms with Crippen LogP contribution in [0.5, 0.6) is 0 Å². The van der Waals surface area contributed by atoms with Crippen LogP contribution in [0.15, 0.2) is 40.5 Å². The van der Waals surface area contributed by atoms with E-state index in [9.17, 15) is 13.2 Å². The van der Waals surface area contributed by atoms with Gasteiger partial charge in [0, 0.05) is 55.3 Å². The second-order valence-corrected chi connectivity index (χ2v) is 13.3. The van der Waals surface area contributed by atoms with Crippen LogP contribution in [0.2, 0.25) is 0 Å². The second kappa shape index (κ2) is 11.2. The van der Waals surface area contributed by atoms with Crippen LogP contribution < -0.4 is 5.32 Å². The summed E-state index contributed by atoms with van der Waals surface area (Å²) in [7, 11) is -1.18. The molecule has 0 bridgehead atoms. The van der Waals surface area contributed by atoms with Gasteiger partial charge in [-0.25, -0.2) is 13.4 Å². The number of carbonyl (C=O) groups excluding carboxylic acids is 1. The molecule has 37 heavy (non-hydrogen) atoms. The van der Waals surface area contributed by atoms with Crippen molar-refractivity contribution < 1.29 is 22.8 Å². The lowest BCUT2D eigenvalue weighted by Gasteiger charge is -2.37. The molecule has 1 aromatic carbocycles. The van der Waals surface area contributed by atoms with Crippen LogP contribution in [0.3, 0.4) is 0 Å². The maximum absolute atomic E-state index is 13.3. The Morgan fingerprint density at radius 3 is 2.70 bits per heavy atom. The number of thiazole rings is 1. The molecule has 3 heterocycles. The van der Waals surface area contributed by atoms with Crippen LogP contribution >= 0.6 is 11.3 Å². The molecule has 1 saturated carbocycles. The molecular weight excluding hydrogens is 514 g/mol. The van der Waals surface area contributed by atoms with Gasteiger partial charge >= 0.3 is 0 Å². The number of aromatic nitrogens is 1. The normalized spacial score (nSPS) is 23.8. The summed E-state index contributed by atoms with van der Waals surface area (Å²) in [6.45, 7) is 7.01. The van der Waals surface area contributed by atoms with E-state index in [1.807, 2.05) is 0 Å². The van der Waals surface area contributed by atoms with E-state index >= 15 is 0 Å². The third-order valence-corrected chi connectivity index (χ3v) is 10.2. The number of sulfone groups is 1. The molecule has 5 rings (SSSR count). The van der Waals surface area contributed by atoms with Gasteiger partial charge < -0.3 is 14.5 Å². The minimum atomic E-state index is -3.32. The van der Waals surface area contributed by atoms with Crippen molar-refractivity contribution in [3.05, 3.63) is 40.9 Å². The first-order valence-electron chi connectivity index (χ1n) is 12.6. The fourth-order valence-electron chi connectivity index (χ4n) is 4.40. The first-order valence-corrected chi connectivity index (χ1v) is 15.0. The van der Waals surface area contributed by atoms with Crippen molar-refractivity contribution in [2.24, 2.45) is 5.16 Å². The molecular formula is C25H33N5O5S2. The van der Waals surface area contributed by atoms with Crippen LogP contribution in [-0.4, -0.2) is 92.1 Å². The van der Waals surface area contributed by atoms with E-state index < -0.39 is 15.7 Å². The summed E-state index contributed by atoms with van der Waals surface area (Å²) in [5.74, 6) is -0.467. The van der Waals surface area contributed by atoms with Crippen LogP contribution in [0, 0.1) is 0 Å². The zero-order valence-corrected chi connectivity index (χ0v) is 22.8. The van der Waals surface area contributed by atoms with Crippen LogP contribution in [0.1, 0.15) is 36.6 Å². The van der Waals surface area contributed by atoms with Crippen LogP contribution in [0.25, 0.3) is 0 Å². The molecule has 0 spiro atoms. The minimum Gasteiger partial charge on any atom is -0.389 e. The molecule has 1 aliphatic carbocycles. The number of benzene rings is 1. The van der Waals surface area contributed by atoms with E-state index in [1.165, 1.54) is 23.5 Å². The number of ether oxygens (including phenoxy) is 1. The largest absolute Gasteiger partial charge is 0.389 e. The molecule has 10 nitrogen and oxygen atoms in total. The molecule has 1 amide bonds. The summed E-state index contributed by atoms with van der Waals surface area (Å²) in [5.41, 5.74) is 0.529. The van der Waals surface area contributed by atoms with Gasteiger partial charge in [0.25, 0.3) is 5.91 Å². The molecule has 3 fully saturated rings. The molecule has 2 aromatic rings. The van der Waals surface area contributed by atoms with Gasteiger partial charge in [0.2, 0.25) is 0 Å². The van der Waals surface area contributed by atoms with Crippen molar-refractivity contribution >= 4 is 37.9 Å². The van der Waals surface area contributed by atoms with Crippen molar-refractivity contribution in [1.29, 1.82) is 0 Å². The summed E-state index contributed by atoms with van der Waals surface area (Å²) in [6.07, 6.45) is 3.65. The van der Waals surface area contributed by atoms with E-state index in [4.69, 9.17) is 9.57 Å². The summed E-state index contributed by atoms with van der Waals surface area (Å²) in [5, 5.41) is 7.19. The number of nitrogens with zero attached hydrogens (tertiary/aromatic N) is 4. The average Bonchev–Trinajstić information content (AvgIpc) is 3.46. The van der Waals surface area contributed by atoms with Crippen molar-refractivity contribution in [2.45, 2.75) is 55.0 Å². The first-order chi connectivity index (χ1) is 17.8. The molecule has 2 aliphatic heterocycles. The van der Waals surface area contributed by atoms with Gasteiger partial charge in [0.15, 0.2) is 26.8 Å². The van der Waals surface area contributed by atoms with Crippen molar-refractivity contribution in [3.63, 3.8) is 0 Å². The van der Waals surface area contributed by atoms with Gasteiger partial charge in [-0.1, -0.05) is 17.3 Å². The maximum atomic E-state index is 13.3. The highest BCUT2D eigenvalue weighted by molar-refractivity contribution is 7.92. The molecule has 0 unspecified atom stereocenters. The quantitative estimate of drug-likeness (QED) is 0.376. The van der Waals surface area contributed by atoms with Crippen LogP contribution in [0.4, 0.5) is 5.13 Å². The Bertz CT molecular complexity index is 1240. The Hall–Kier alpha value is -2.38. The average molecular weight is 548 g/mol. The van der Waals surface area contributed by atoms with E-state index in [0.29, 0.717) is 49.2 Å². The maximum Gasteiger partial charge on any atom is 0.280 e. The second-order valence-electron chi connectivity index (χ2n) is 9.95. The number of hydrogen-bond donors (Lipinski definition) is 1. The van der Waals surface area contributed by atoms with E-state index in [2.05, 4.69) is 39.2 Å². The SMILES string of the molecule is C[C@H]1CN(Cc2cnc(NC(=O)/C(=N/O[C@@H]3CCOC3)c3ccc(S(=O)(=O)C4CC4)cc3)s2)CCN1C. The molecule has 200 valence electrons. The number of rotatable bonds is 9. The predicted octanol–water partition coefficient (Wildman–Crippen LogP) is 2.36. The summed E-state index contributed by atoms with van der Waals surface area (Å²) < 4.78 is 30.5. The predicted molar refractivity (Wildman–Crippen MR) is 142 cm³/mol. The van der Waals surface area contributed by atoms with E-state index in [-0.39, 0.29) is 22.0 Å². The smallest absolute Gasteiger partial charge is 0.280 e. The Balaban J connectivity index is 1.29. The number of amides is 1. The van der Waals surface area contributed by atoms with Crippen molar-refractivity contribution in [3.8, 4) is 0 Å². The fourth-order valence-corrected chi connectivity index (χ4v) is 6.91. The van der Waals surface area contributed by atoms with Gasteiger partial charge in [0.1, 0.15) is 0 Å². The number of likely N-dealkylation sites (N-methyl/N-ethyl adjacent to an activating group) is 1. The lowest BCUT2D eigenvalue weighted by atomic mass is 10.1. The minimum absolute atomic E-state index is 0.0620. The Kier molecular flexibility index (Phi) is 7.91. The van der Waals surface area contributed by atoms with Gasteiger partial charge in [-0.2, -0.15) is 0 Å². The molecule has 0 radical (unpaired) electrons. The van der Waals surface area contributed by atoms with E-state index in [1.54, 1.807) is 18.3 Å². The summed E-state index contributed by atoms with van der Waals surface area (Å²) in [6, 6.07) is 6.76. The number of anilines is 1. The topological polar surface area (TPSA) is 113 Å². The van der Waals surface area contributed by atoms with Crippen LogP contribution in [-0.2, 0) is 30.8 Å². The number of carbonyl (C=O) groups is 1. The van der Waals surface area contributed by atoms with Gasteiger partial charge in [-0.05, 0) is 38.9 Å². The monoisotopic (exact) mass is 547 g/mol. The zero-order valence-electron chi connectivity index (χ0n) is 21.1. The lowest BCUT2D eigenvalue weighted by Crippen LogP contribution is -2.49. The standard InChI is InChI=1S/C25H33N5O5S2/c1-17-14-30(11-10-29(17)2)15-20-13-26-25(36-20)27-24(31)23(28-35-19-9-12-34-16-19)18-3-5-21(6-4-18)37(32,33)22-7-8-22/h3-6,13,17,19,22H,7-12,14-16H2,1-2H3,(H,26,27,31)/b28-23+/t17-,19+/m0/s1.